The Hall–Kier alpha value is -3.16. The van der Waals surface area contributed by atoms with Crippen LogP contribution >= 0.6 is 0 Å². The predicted molar refractivity (Wildman–Crippen MR) is 134 cm³/mol. The molecule has 2 fully saturated rings. The maximum absolute atomic E-state index is 15.7. The second-order valence-electron chi connectivity index (χ2n) is 10.1. The van der Waals surface area contributed by atoms with Gasteiger partial charge in [-0.25, -0.2) is 13.2 Å². The number of nitrogens with zero attached hydrogens (tertiary/aromatic N) is 1. The Morgan fingerprint density at radius 2 is 1.73 bits per heavy atom. The van der Waals surface area contributed by atoms with Gasteiger partial charge in [-0.3, -0.25) is 14.4 Å². The quantitative estimate of drug-likeness (QED) is 0.509. The van der Waals surface area contributed by atoms with E-state index in [4.69, 9.17) is 0 Å². The maximum Gasteiger partial charge on any atom is 0.256 e. The van der Waals surface area contributed by atoms with Crippen molar-refractivity contribution in [2.24, 2.45) is 5.92 Å². The molecule has 8 heteroatoms. The van der Waals surface area contributed by atoms with Gasteiger partial charge in [0, 0.05) is 31.5 Å². The highest BCUT2D eigenvalue weighted by atomic mass is 19.1. The van der Waals surface area contributed by atoms with Gasteiger partial charge in [0.25, 0.3) is 11.8 Å². The summed E-state index contributed by atoms with van der Waals surface area (Å²) in [6.07, 6.45) is 6.32. The summed E-state index contributed by atoms with van der Waals surface area (Å²) >= 11 is 0. The van der Waals surface area contributed by atoms with Gasteiger partial charge < -0.3 is 10.2 Å². The van der Waals surface area contributed by atoms with Crippen molar-refractivity contribution in [1.82, 2.24) is 10.2 Å². The van der Waals surface area contributed by atoms with E-state index in [1.165, 1.54) is 11.0 Å². The van der Waals surface area contributed by atoms with E-state index in [0.29, 0.717) is 37.4 Å². The van der Waals surface area contributed by atoms with Crippen LogP contribution in [0.2, 0.25) is 0 Å². The van der Waals surface area contributed by atoms with Crippen LogP contribution in [0, 0.1) is 23.4 Å². The number of ketones is 1. The summed E-state index contributed by atoms with van der Waals surface area (Å²) in [6.45, 7) is 2.28. The van der Waals surface area contributed by atoms with Crippen LogP contribution in [0.3, 0.4) is 0 Å². The fourth-order valence-electron chi connectivity index (χ4n) is 5.66. The lowest BCUT2D eigenvalue weighted by Gasteiger charge is -2.33. The van der Waals surface area contributed by atoms with Gasteiger partial charge in [0.15, 0.2) is 5.78 Å². The lowest BCUT2D eigenvalue weighted by Crippen LogP contribution is -2.46. The Labute approximate surface area is 215 Å². The summed E-state index contributed by atoms with van der Waals surface area (Å²) in [5, 5.41) is 2.82. The molecule has 1 aliphatic heterocycles. The molecular weight excluding hydrogens is 481 g/mol. The highest BCUT2D eigenvalue weighted by Crippen LogP contribution is 2.32. The number of rotatable bonds is 7. The SMILES string of the molecule is CCC(=O)C(NC(=O)c1cccc(C2CCCN(C(=O)c3ccc(F)cc3F)C2)c1F)C1CCCCC1. The molecule has 0 radical (unpaired) electrons. The Kier molecular flexibility index (Phi) is 8.67. The molecule has 2 atom stereocenters. The molecule has 0 spiro atoms. The second-order valence-corrected chi connectivity index (χ2v) is 10.1. The molecule has 198 valence electrons. The summed E-state index contributed by atoms with van der Waals surface area (Å²) in [7, 11) is 0. The Morgan fingerprint density at radius 3 is 2.43 bits per heavy atom. The normalized spacial score (nSPS) is 19.4. The number of carbonyl (C=O) groups excluding carboxylic acids is 3. The predicted octanol–water partition coefficient (Wildman–Crippen LogP) is 5.78. The number of Topliss-reactive ketones (excluding diaryl/α,β-unsaturated/α-hetero) is 1. The summed E-state index contributed by atoms with van der Waals surface area (Å²) in [5.41, 5.74) is -0.0546. The van der Waals surface area contributed by atoms with Crippen LogP contribution < -0.4 is 5.32 Å². The lowest BCUT2D eigenvalue weighted by molar-refractivity contribution is -0.122. The highest BCUT2D eigenvalue weighted by Gasteiger charge is 2.33. The number of carbonyl (C=O) groups is 3. The molecule has 1 heterocycles. The third-order valence-electron chi connectivity index (χ3n) is 7.69. The molecular formula is C29H33F3N2O3. The minimum absolute atomic E-state index is 0.0497. The summed E-state index contributed by atoms with van der Waals surface area (Å²) < 4.78 is 43.2. The summed E-state index contributed by atoms with van der Waals surface area (Å²) in [4.78, 5) is 40.1. The van der Waals surface area contributed by atoms with Crippen LogP contribution in [0.1, 0.15) is 90.5 Å². The zero-order valence-corrected chi connectivity index (χ0v) is 21.1. The minimum Gasteiger partial charge on any atom is -0.342 e. The molecule has 0 bridgehead atoms. The molecule has 1 aliphatic carbocycles. The van der Waals surface area contributed by atoms with Crippen molar-refractivity contribution >= 4 is 17.6 Å². The first-order chi connectivity index (χ1) is 17.8. The van der Waals surface area contributed by atoms with Gasteiger partial charge in [0.2, 0.25) is 0 Å². The molecule has 5 nitrogen and oxygen atoms in total. The van der Waals surface area contributed by atoms with Crippen molar-refractivity contribution in [3.05, 3.63) is 70.5 Å². The van der Waals surface area contributed by atoms with Gasteiger partial charge in [-0.05, 0) is 55.4 Å². The summed E-state index contributed by atoms with van der Waals surface area (Å²) in [5.74, 6) is -3.95. The van der Waals surface area contributed by atoms with E-state index < -0.39 is 35.3 Å². The molecule has 37 heavy (non-hydrogen) atoms. The summed E-state index contributed by atoms with van der Waals surface area (Å²) in [6, 6.07) is 6.78. The van der Waals surface area contributed by atoms with E-state index in [9.17, 15) is 23.2 Å². The number of nitrogens with one attached hydrogen (secondary N) is 1. The Bertz CT molecular complexity index is 1160. The number of benzene rings is 2. The monoisotopic (exact) mass is 514 g/mol. The molecule has 4 rings (SSSR count). The van der Waals surface area contributed by atoms with Gasteiger partial charge in [-0.2, -0.15) is 0 Å². The standard InChI is InChI=1S/C29H33F3N2O3/c1-2-25(35)27(18-8-4-3-5-9-18)33-28(36)23-12-6-11-21(26(23)32)19-10-7-15-34(17-19)29(37)22-14-13-20(30)16-24(22)31/h6,11-14,16,18-19,27H,2-5,7-10,15,17H2,1H3,(H,33,36). The zero-order chi connectivity index (χ0) is 26.5. The molecule has 1 saturated carbocycles. The van der Waals surface area contributed by atoms with Gasteiger partial charge >= 0.3 is 0 Å². The van der Waals surface area contributed by atoms with Crippen molar-refractivity contribution in [1.29, 1.82) is 0 Å². The molecule has 2 aromatic rings. The molecule has 2 amide bonds. The van der Waals surface area contributed by atoms with Crippen molar-refractivity contribution in [3.8, 4) is 0 Å². The van der Waals surface area contributed by atoms with Gasteiger partial charge in [0.05, 0.1) is 17.2 Å². The zero-order valence-electron chi connectivity index (χ0n) is 21.1. The Morgan fingerprint density at radius 1 is 0.973 bits per heavy atom. The average molecular weight is 515 g/mol. The van der Waals surface area contributed by atoms with E-state index in [0.717, 1.165) is 44.2 Å². The van der Waals surface area contributed by atoms with Crippen LogP contribution in [-0.4, -0.2) is 41.6 Å². The van der Waals surface area contributed by atoms with Gasteiger partial charge in [0.1, 0.15) is 17.5 Å². The van der Waals surface area contributed by atoms with Crippen LogP contribution in [0.15, 0.2) is 36.4 Å². The van der Waals surface area contributed by atoms with Crippen molar-refractivity contribution in [2.45, 2.75) is 70.3 Å². The van der Waals surface area contributed by atoms with Crippen molar-refractivity contribution < 1.29 is 27.6 Å². The highest BCUT2D eigenvalue weighted by molar-refractivity contribution is 5.98. The average Bonchev–Trinajstić information content (AvgIpc) is 2.91. The minimum atomic E-state index is -0.939. The number of halogens is 3. The van der Waals surface area contributed by atoms with E-state index in [1.54, 1.807) is 19.1 Å². The number of amides is 2. The topological polar surface area (TPSA) is 66.5 Å². The fourth-order valence-corrected chi connectivity index (χ4v) is 5.66. The largest absolute Gasteiger partial charge is 0.342 e. The molecule has 0 aromatic heterocycles. The van der Waals surface area contributed by atoms with Gasteiger partial charge in [-0.15, -0.1) is 0 Å². The van der Waals surface area contributed by atoms with Crippen LogP contribution in [-0.2, 0) is 4.79 Å². The van der Waals surface area contributed by atoms with E-state index in [1.807, 2.05) is 0 Å². The van der Waals surface area contributed by atoms with Crippen LogP contribution in [0.4, 0.5) is 13.2 Å². The molecule has 1 saturated heterocycles. The molecule has 1 N–H and O–H groups in total. The smallest absolute Gasteiger partial charge is 0.256 e. The first-order valence-electron chi connectivity index (χ1n) is 13.2. The van der Waals surface area contributed by atoms with E-state index >= 15 is 4.39 Å². The molecule has 2 unspecified atom stereocenters. The second kappa shape index (κ2) is 11.9. The Balaban J connectivity index is 1.52. The fraction of sp³-hybridized carbons (Fsp3) is 0.483. The van der Waals surface area contributed by atoms with E-state index in [2.05, 4.69) is 5.32 Å². The number of hydrogen-bond donors (Lipinski definition) is 1. The third kappa shape index (κ3) is 6.05. The van der Waals surface area contributed by atoms with Gasteiger partial charge in [-0.1, -0.05) is 38.3 Å². The molecule has 2 aromatic carbocycles. The van der Waals surface area contributed by atoms with Crippen molar-refractivity contribution in [2.75, 3.05) is 13.1 Å². The third-order valence-corrected chi connectivity index (χ3v) is 7.69. The first-order valence-corrected chi connectivity index (χ1v) is 13.2. The first kappa shape index (κ1) is 26.9. The lowest BCUT2D eigenvalue weighted by atomic mass is 9.81. The number of hydrogen-bond acceptors (Lipinski definition) is 3. The van der Waals surface area contributed by atoms with Crippen LogP contribution in [0.25, 0.3) is 0 Å². The molecule has 2 aliphatic rings. The number of piperidine rings is 1. The van der Waals surface area contributed by atoms with E-state index in [-0.39, 0.29) is 35.3 Å². The number of likely N-dealkylation sites (tertiary alicyclic amines) is 1. The van der Waals surface area contributed by atoms with Crippen LogP contribution in [0.5, 0.6) is 0 Å². The maximum atomic E-state index is 15.7. The van der Waals surface area contributed by atoms with Crippen molar-refractivity contribution in [3.63, 3.8) is 0 Å².